The monoisotopic (exact) mass is 375 g/mol. The fourth-order valence-electron chi connectivity index (χ4n) is 4.76. The molecule has 151 valence electrons. The second-order valence-electron chi connectivity index (χ2n) is 8.56. The molecular formula is C28H39. The Morgan fingerprint density at radius 1 is 0.607 bits per heavy atom. The molecule has 1 radical (unpaired) electrons. The number of aryl methyl sites for hydroxylation is 1. The number of benzene rings is 2. The summed E-state index contributed by atoms with van der Waals surface area (Å²) >= 11 is 0. The maximum absolute atomic E-state index is 2.57. The Kier molecular flexibility index (Phi) is 8.19. The molecule has 0 N–H and O–H groups in total. The van der Waals surface area contributed by atoms with Crippen LogP contribution >= 0.6 is 0 Å². The summed E-state index contributed by atoms with van der Waals surface area (Å²) < 4.78 is 0. The minimum Gasteiger partial charge on any atom is -0.0654 e. The van der Waals surface area contributed by atoms with Crippen LogP contribution < -0.4 is 0 Å². The number of rotatable bonds is 12. The molecule has 0 atom stereocenters. The van der Waals surface area contributed by atoms with E-state index < -0.39 is 0 Å². The molecule has 0 aromatic heterocycles. The van der Waals surface area contributed by atoms with Crippen LogP contribution in [0.4, 0.5) is 0 Å². The first-order valence-electron chi connectivity index (χ1n) is 11.9. The van der Waals surface area contributed by atoms with Crippen LogP contribution in [0.25, 0.3) is 11.1 Å². The third-order valence-electron chi connectivity index (χ3n) is 6.35. The fourth-order valence-corrected chi connectivity index (χ4v) is 4.76. The van der Waals surface area contributed by atoms with Gasteiger partial charge in [0.25, 0.3) is 0 Å². The first-order valence-corrected chi connectivity index (χ1v) is 11.9. The van der Waals surface area contributed by atoms with Gasteiger partial charge in [-0.05, 0) is 77.5 Å². The van der Waals surface area contributed by atoms with E-state index in [0.29, 0.717) is 0 Å². The summed E-state index contributed by atoms with van der Waals surface area (Å²) in [5.41, 5.74) is 11.0. The minimum absolute atomic E-state index is 1.25. The summed E-state index contributed by atoms with van der Waals surface area (Å²) in [7, 11) is 0. The Balaban J connectivity index is 2.02. The van der Waals surface area contributed by atoms with Gasteiger partial charge in [-0.25, -0.2) is 0 Å². The van der Waals surface area contributed by atoms with E-state index in [0.717, 1.165) is 0 Å². The molecule has 0 spiro atoms. The first-order chi connectivity index (χ1) is 13.8. The van der Waals surface area contributed by atoms with Crippen LogP contribution in [0.3, 0.4) is 0 Å². The van der Waals surface area contributed by atoms with Crippen LogP contribution in [-0.2, 0) is 19.3 Å². The molecule has 3 rings (SSSR count). The summed E-state index contributed by atoms with van der Waals surface area (Å²) in [6.07, 6.45) is 18.2. The van der Waals surface area contributed by atoms with Crippen molar-refractivity contribution >= 4 is 0 Å². The molecule has 0 aliphatic heterocycles. The summed E-state index contributed by atoms with van der Waals surface area (Å²) in [6, 6.07) is 11.6. The summed E-state index contributed by atoms with van der Waals surface area (Å²) in [6.45, 7) is 6.94. The molecule has 28 heavy (non-hydrogen) atoms. The zero-order valence-corrected chi connectivity index (χ0v) is 18.4. The lowest BCUT2D eigenvalue weighted by atomic mass is 9.85. The molecule has 0 nitrogen and oxygen atoms in total. The van der Waals surface area contributed by atoms with Crippen molar-refractivity contribution in [3.63, 3.8) is 0 Å². The van der Waals surface area contributed by atoms with E-state index in [-0.39, 0.29) is 0 Å². The second-order valence-corrected chi connectivity index (χ2v) is 8.56. The van der Waals surface area contributed by atoms with Crippen LogP contribution in [0.5, 0.6) is 0 Å². The van der Waals surface area contributed by atoms with Gasteiger partial charge in [0.15, 0.2) is 0 Å². The fraction of sp³-hybridized carbons (Fsp3) is 0.536. The van der Waals surface area contributed by atoms with Gasteiger partial charge in [0.2, 0.25) is 0 Å². The number of unbranched alkanes of at least 4 members (excludes halogenated alkanes) is 6. The number of hydrogen-bond acceptors (Lipinski definition) is 0. The van der Waals surface area contributed by atoms with Crippen LogP contribution in [0.15, 0.2) is 30.3 Å². The van der Waals surface area contributed by atoms with Crippen LogP contribution in [0.1, 0.15) is 106 Å². The van der Waals surface area contributed by atoms with Gasteiger partial charge in [-0.3, -0.25) is 0 Å². The Bertz CT molecular complexity index is 753. The highest BCUT2D eigenvalue weighted by atomic mass is 14.3. The number of hydrogen-bond donors (Lipinski definition) is 0. The van der Waals surface area contributed by atoms with E-state index in [1.165, 1.54) is 93.7 Å². The van der Waals surface area contributed by atoms with Crippen molar-refractivity contribution in [1.29, 1.82) is 0 Å². The van der Waals surface area contributed by atoms with Gasteiger partial charge in [-0.2, -0.15) is 0 Å². The summed E-state index contributed by atoms with van der Waals surface area (Å²) in [4.78, 5) is 0. The van der Waals surface area contributed by atoms with Gasteiger partial charge in [-0.15, -0.1) is 0 Å². The average molecular weight is 376 g/mol. The predicted octanol–water partition coefficient (Wildman–Crippen LogP) is 8.47. The van der Waals surface area contributed by atoms with Gasteiger partial charge in [0, 0.05) is 6.42 Å². The highest BCUT2D eigenvalue weighted by Gasteiger charge is 2.25. The van der Waals surface area contributed by atoms with E-state index in [4.69, 9.17) is 0 Å². The van der Waals surface area contributed by atoms with Gasteiger partial charge in [-0.1, -0.05) is 89.6 Å². The van der Waals surface area contributed by atoms with Crippen molar-refractivity contribution in [3.8, 4) is 11.1 Å². The summed E-state index contributed by atoms with van der Waals surface area (Å²) in [5, 5.41) is 0. The third kappa shape index (κ3) is 4.88. The van der Waals surface area contributed by atoms with Crippen molar-refractivity contribution < 1.29 is 0 Å². The lowest BCUT2D eigenvalue weighted by molar-refractivity contribution is 0.677. The van der Waals surface area contributed by atoms with Gasteiger partial charge < -0.3 is 0 Å². The molecule has 2 aromatic rings. The maximum atomic E-state index is 2.57. The molecule has 0 heterocycles. The second kappa shape index (κ2) is 10.8. The standard InChI is InChI=1S/C28H39/c1-4-7-10-15-22-20-27-25-18-14-13-16-23(25)21-28(27)26(19-12-9-6-3)24(22)17-11-8-5-2/h13-14,16,18,20-21H,4-12,15,17,19H2,1-3H3. The summed E-state index contributed by atoms with van der Waals surface area (Å²) in [5.74, 6) is 0. The predicted molar refractivity (Wildman–Crippen MR) is 124 cm³/mol. The zero-order valence-electron chi connectivity index (χ0n) is 18.4. The van der Waals surface area contributed by atoms with Crippen LogP contribution in [-0.4, -0.2) is 0 Å². The smallest absolute Gasteiger partial charge is 0.0214 e. The van der Waals surface area contributed by atoms with Crippen LogP contribution in [0.2, 0.25) is 0 Å². The molecule has 0 bridgehead atoms. The van der Waals surface area contributed by atoms with E-state index in [1.54, 1.807) is 22.3 Å². The Morgan fingerprint density at radius 3 is 1.89 bits per heavy atom. The topological polar surface area (TPSA) is 0 Å². The largest absolute Gasteiger partial charge is 0.0654 e. The average Bonchev–Trinajstić information content (AvgIpc) is 3.08. The Hall–Kier alpha value is -1.56. The molecule has 0 amide bonds. The normalized spacial score (nSPS) is 12.2. The molecule has 0 unspecified atom stereocenters. The highest BCUT2D eigenvalue weighted by molar-refractivity contribution is 5.83. The SMILES string of the molecule is CCCCCc1cc2c(c(CCCCC)c1CCCCC)[CH]c1ccccc1-2. The van der Waals surface area contributed by atoms with E-state index in [9.17, 15) is 0 Å². The van der Waals surface area contributed by atoms with Crippen molar-refractivity contribution in [1.82, 2.24) is 0 Å². The van der Waals surface area contributed by atoms with Crippen LogP contribution in [0, 0.1) is 6.42 Å². The molecule has 0 heteroatoms. The highest BCUT2D eigenvalue weighted by Crippen LogP contribution is 2.43. The van der Waals surface area contributed by atoms with E-state index >= 15 is 0 Å². The molecule has 1 aliphatic carbocycles. The minimum atomic E-state index is 1.25. The van der Waals surface area contributed by atoms with Gasteiger partial charge in [0.1, 0.15) is 0 Å². The molecular weight excluding hydrogens is 336 g/mol. The van der Waals surface area contributed by atoms with Crippen molar-refractivity contribution in [3.05, 3.63) is 64.6 Å². The lowest BCUT2D eigenvalue weighted by Gasteiger charge is -2.20. The Morgan fingerprint density at radius 2 is 1.21 bits per heavy atom. The van der Waals surface area contributed by atoms with E-state index in [1.807, 2.05) is 0 Å². The molecule has 0 saturated carbocycles. The first kappa shape index (κ1) is 21.2. The van der Waals surface area contributed by atoms with E-state index in [2.05, 4.69) is 57.5 Å². The van der Waals surface area contributed by atoms with Crippen molar-refractivity contribution in [2.45, 2.75) is 97.8 Å². The molecule has 0 saturated heterocycles. The Labute approximate surface area is 173 Å². The quantitative estimate of drug-likeness (QED) is 0.278. The molecule has 1 aliphatic rings. The lowest BCUT2D eigenvalue weighted by Crippen LogP contribution is -2.06. The third-order valence-corrected chi connectivity index (χ3v) is 6.35. The van der Waals surface area contributed by atoms with Gasteiger partial charge in [0.05, 0.1) is 0 Å². The van der Waals surface area contributed by atoms with Gasteiger partial charge >= 0.3 is 0 Å². The molecule has 2 aromatic carbocycles. The molecule has 0 fully saturated rings. The van der Waals surface area contributed by atoms with Crippen molar-refractivity contribution in [2.24, 2.45) is 0 Å². The van der Waals surface area contributed by atoms with Crippen molar-refractivity contribution in [2.75, 3.05) is 0 Å². The zero-order chi connectivity index (χ0) is 19.8. The number of fused-ring (bicyclic) bond motifs is 3. The maximum Gasteiger partial charge on any atom is 0.0214 e.